The van der Waals surface area contributed by atoms with Crippen LogP contribution in [0.1, 0.15) is 42.1 Å². The number of fused-ring (bicyclic) bond motifs is 1. The molecule has 0 spiro atoms. The molecule has 2 heterocycles. The van der Waals surface area contributed by atoms with Gasteiger partial charge in [-0.2, -0.15) is 0 Å². The minimum absolute atomic E-state index is 0.233. The lowest BCUT2D eigenvalue weighted by Crippen LogP contribution is -2.43. The predicted octanol–water partition coefficient (Wildman–Crippen LogP) is 0.654. The van der Waals surface area contributed by atoms with Crippen molar-refractivity contribution in [3.63, 3.8) is 0 Å². The van der Waals surface area contributed by atoms with E-state index in [9.17, 15) is 32.3 Å². The molecule has 4 N–H and O–H groups in total. The lowest BCUT2D eigenvalue weighted by atomic mass is 10.1. The molecule has 0 radical (unpaired) electrons. The van der Waals surface area contributed by atoms with Gasteiger partial charge in [0.25, 0.3) is 5.91 Å². The summed E-state index contributed by atoms with van der Waals surface area (Å²) in [7, 11) is -2.70. The van der Waals surface area contributed by atoms with Crippen LogP contribution in [0.2, 0.25) is 0 Å². The fourth-order valence-electron chi connectivity index (χ4n) is 3.91. The number of unbranched alkanes of at least 4 members (excludes halogenated alkanes) is 1. The quantitative estimate of drug-likeness (QED) is 0.341. The largest absolute Gasteiger partial charge is 0.480 e. The summed E-state index contributed by atoms with van der Waals surface area (Å²) in [5.41, 5.74) is -2.06. The van der Waals surface area contributed by atoms with Gasteiger partial charge in [-0.25, -0.2) is 17.2 Å². The van der Waals surface area contributed by atoms with Crippen LogP contribution >= 0.6 is 0 Å². The molecule has 1 atom stereocenters. The first kappa shape index (κ1) is 28.0. The van der Waals surface area contributed by atoms with E-state index in [1.54, 1.807) is 6.92 Å². The smallest absolute Gasteiger partial charge is 0.323 e. The molecule has 0 saturated heterocycles. The predicted molar refractivity (Wildman–Crippen MR) is 133 cm³/mol. The first-order chi connectivity index (χ1) is 17.5. The Bertz CT molecular complexity index is 1410. The van der Waals surface area contributed by atoms with Gasteiger partial charge in [0.2, 0.25) is 5.43 Å². The molecule has 1 aliphatic heterocycles. The van der Waals surface area contributed by atoms with E-state index in [1.165, 1.54) is 7.05 Å². The second kappa shape index (κ2) is 11.7. The fraction of sp³-hybridized carbons (Fsp3) is 0.478. The highest BCUT2D eigenvalue weighted by atomic mass is 32.2. The molecular weight excluding hydrogens is 512 g/mol. The third kappa shape index (κ3) is 6.24. The van der Waals surface area contributed by atoms with E-state index in [0.29, 0.717) is 25.5 Å². The Morgan fingerprint density at radius 2 is 2.05 bits per heavy atom. The zero-order valence-corrected chi connectivity index (χ0v) is 21.3. The van der Waals surface area contributed by atoms with Gasteiger partial charge in [-0.3, -0.25) is 19.4 Å². The second-order valence-corrected chi connectivity index (χ2v) is 11.0. The number of hydrogen-bond acceptors (Lipinski definition) is 8. The van der Waals surface area contributed by atoms with E-state index >= 15 is 4.39 Å². The Hall–Kier alpha value is -3.55. The summed E-state index contributed by atoms with van der Waals surface area (Å²) < 4.78 is 56.0. The Morgan fingerprint density at radius 1 is 1.32 bits per heavy atom. The number of aliphatic carboxylic acids is 1. The number of benzene rings is 1. The summed E-state index contributed by atoms with van der Waals surface area (Å²) in [6, 6.07) is 0.833. The van der Waals surface area contributed by atoms with Crippen LogP contribution in [0, 0.1) is 11.6 Å². The van der Waals surface area contributed by atoms with Crippen molar-refractivity contribution in [2.24, 2.45) is 12.0 Å². The third-order valence-corrected chi connectivity index (χ3v) is 8.06. The average Bonchev–Trinajstić information content (AvgIpc) is 2.84. The van der Waals surface area contributed by atoms with Crippen molar-refractivity contribution in [1.29, 1.82) is 0 Å². The lowest BCUT2D eigenvalue weighted by Gasteiger charge is -2.18. The number of carbonyl (C=O) groups is 2. The van der Waals surface area contributed by atoms with Gasteiger partial charge in [0, 0.05) is 45.0 Å². The number of carbonyl (C=O) groups excluding carboxylic acids is 1. The number of pyridine rings is 1. The van der Waals surface area contributed by atoms with Gasteiger partial charge in [0.1, 0.15) is 11.4 Å². The zero-order chi connectivity index (χ0) is 27.3. The van der Waals surface area contributed by atoms with Crippen LogP contribution in [0.3, 0.4) is 0 Å². The van der Waals surface area contributed by atoms with Gasteiger partial charge >= 0.3 is 5.97 Å². The van der Waals surface area contributed by atoms with Crippen molar-refractivity contribution in [3.8, 4) is 0 Å². The van der Waals surface area contributed by atoms with Crippen molar-refractivity contribution in [3.05, 3.63) is 45.2 Å². The maximum absolute atomic E-state index is 15.3. The molecule has 11 nitrogen and oxygen atoms in total. The molecule has 1 aromatic heterocycles. The summed E-state index contributed by atoms with van der Waals surface area (Å²) in [5.74, 6) is -4.65. The first-order valence-corrected chi connectivity index (χ1v) is 13.4. The van der Waals surface area contributed by atoms with Crippen molar-refractivity contribution in [1.82, 2.24) is 20.5 Å². The highest BCUT2D eigenvalue weighted by Crippen LogP contribution is 2.22. The third-order valence-electron chi connectivity index (χ3n) is 5.97. The van der Waals surface area contributed by atoms with Crippen LogP contribution in [-0.4, -0.2) is 66.6 Å². The van der Waals surface area contributed by atoms with E-state index in [1.807, 2.05) is 0 Å². The number of carboxylic acids is 1. The number of amides is 1. The SMILES string of the molecule is CCCCS(=O)(=O)C(CNC(=O)c1cn(C)c2c(F)c(CNC3=NCCCN3)c(F)cc2c1=O)C(=O)O. The fourth-order valence-corrected chi connectivity index (χ4v) is 5.53. The van der Waals surface area contributed by atoms with E-state index in [-0.39, 0.29) is 29.8 Å². The number of rotatable bonds is 10. The topological polar surface area (TPSA) is 159 Å². The van der Waals surface area contributed by atoms with Crippen molar-refractivity contribution < 1.29 is 31.9 Å². The van der Waals surface area contributed by atoms with Crippen molar-refractivity contribution in [2.75, 3.05) is 25.4 Å². The van der Waals surface area contributed by atoms with E-state index in [0.717, 1.165) is 23.3 Å². The van der Waals surface area contributed by atoms with Gasteiger partial charge < -0.3 is 25.6 Å². The number of sulfone groups is 1. The van der Waals surface area contributed by atoms with E-state index in [2.05, 4.69) is 20.9 Å². The molecule has 202 valence electrons. The molecule has 1 amide bonds. The second-order valence-electron chi connectivity index (χ2n) is 8.65. The summed E-state index contributed by atoms with van der Waals surface area (Å²) in [4.78, 5) is 41.4. The molecule has 3 rings (SSSR count). The molecule has 0 saturated carbocycles. The van der Waals surface area contributed by atoms with Gasteiger partial charge in [-0.15, -0.1) is 0 Å². The molecule has 1 aliphatic rings. The highest BCUT2D eigenvalue weighted by molar-refractivity contribution is 7.92. The molecule has 1 aromatic carbocycles. The molecule has 0 bridgehead atoms. The van der Waals surface area contributed by atoms with E-state index in [4.69, 9.17) is 0 Å². The lowest BCUT2D eigenvalue weighted by molar-refractivity contribution is -0.136. The molecular formula is C23H29F2N5O6S. The number of aromatic nitrogens is 1. The molecule has 14 heteroatoms. The van der Waals surface area contributed by atoms with Crippen LogP contribution in [0.4, 0.5) is 8.78 Å². The number of carboxylic acid groups (broad SMARTS) is 1. The minimum Gasteiger partial charge on any atom is -0.480 e. The number of nitrogens with one attached hydrogen (secondary N) is 3. The highest BCUT2D eigenvalue weighted by Gasteiger charge is 2.33. The maximum Gasteiger partial charge on any atom is 0.323 e. The number of aliphatic imine (C=N–C) groups is 1. The van der Waals surface area contributed by atoms with Gasteiger partial charge in [-0.05, 0) is 18.9 Å². The monoisotopic (exact) mass is 541 g/mol. The van der Waals surface area contributed by atoms with Gasteiger partial charge in [-0.1, -0.05) is 13.3 Å². The Morgan fingerprint density at radius 3 is 2.68 bits per heavy atom. The standard InChI is InChI=1S/C23H29F2N5O6S/c1-3-4-8-37(35,36)17(22(33)34)11-28-21(32)15-12-30(2)19-13(20(15)31)9-16(24)14(18(19)25)10-29-23-26-6-5-7-27-23/h9,12,17H,3-8,10-11H2,1-2H3,(H,28,32)(H,33,34)(H2,26,27,29). The molecule has 1 unspecified atom stereocenters. The molecule has 37 heavy (non-hydrogen) atoms. The Kier molecular flexibility index (Phi) is 8.84. The summed E-state index contributed by atoms with van der Waals surface area (Å²) in [5, 5.41) is 15.0. The Balaban J connectivity index is 1.89. The number of guanidine groups is 1. The van der Waals surface area contributed by atoms with Crippen molar-refractivity contribution >= 4 is 38.6 Å². The summed E-state index contributed by atoms with van der Waals surface area (Å²) in [6.45, 7) is 1.99. The van der Waals surface area contributed by atoms with Crippen molar-refractivity contribution in [2.45, 2.75) is 38.0 Å². The first-order valence-electron chi connectivity index (χ1n) is 11.7. The molecule has 0 aliphatic carbocycles. The van der Waals surface area contributed by atoms with Gasteiger partial charge in [0.05, 0.1) is 16.7 Å². The number of hydrogen-bond donors (Lipinski definition) is 4. The van der Waals surface area contributed by atoms with Gasteiger partial charge in [0.15, 0.2) is 26.9 Å². The zero-order valence-electron chi connectivity index (χ0n) is 20.4. The number of halogens is 2. The van der Waals surface area contributed by atoms with Crippen LogP contribution in [0.5, 0.6) is 0 Å². The summed E-state index contributed by atoms with van der Waals surface area (Å²) >= 11 is 0. The van der Waals surface area contributed by atoms with Crippen LogP contribution in [0.25, 0.3) is 10.9 Å². The number of nitrogens with zero attached hydrogens (tertiary/aromatic N) is 2. The molecule has 0 fully saturated rings. The van der Waals surface area contributed by atoms with Crippen LogP contribution < -0.4 is 21.4 Å². The van der Waals surface area contributed by atoms with Crippen LogP contribution in [0.15, 0.2) is 22.1 Å². The van der Waals surface area contributed by atoms with E-state index < -0.39 is 61.5 Å². The number of aryl methyl sites for hydroxylation is 1. The minimum atomic E-state index is -4.06. The normalized spacial score (nSPS) is 14.5. The molecule has 2 aromatic rings. The summed E-state index contributed by atoms with van der Waals surface area (Å²) in [6.07, 6.45) is 2.66. The Labute approximate surface area is 211 Å². The van der Waals surface area contributed by atoms with Crippen LogP contribution in [-0.2, 0) is 28.2 Å². The average molecular weight is 542 g/mol. The maximum atomic E-state index is 15.3.